The van der Waals surface area contributed by atoms with E-state index < -0.39 is 0 Å². The molecule has 2 aromatic rings. The summed E-state index contributed by atoms with van der Waals surface area (Å²) in [7, 11) is 1.96. The number of nitrogens with zero attached hydrogens (tertiary/aromatic N) is 4. The van der Waals surface area contributed by atoms with Gasteiger partial charge in [0.05, 0.1) is 11.8 Å². The van der Waals surface area contributed by atoms with Crippen LogP contribution in [0.5, 0.6) is 5.75 Å². The van der Waals surface area contributed by atoms with E-state index in [4.69, 9.17) is 9.47 Å². The molecular weight excluding hydrogens is 370 g/mol. The maximum absolute atomic E-state index is 12.8. The highest BCUT2D eigenvalue weighted by Gasteiger charge is 2.27. The van der Waals surface area contributed by atoms with Crippen LogP contribution in [0.2, 0.25) is 0 Å². The van der Waals surface area contributed by atoms with Crippen molar-refractivity contribution >= 4 is 11.7 Å². The Hall–Kier alpha value is -2.61. The van der Waals surface area contributed by atoms with Gasteiger partial charge in [-0.05, 0) is 50.3 Å². The lowest BCUT2D eigenvalue weighted by Gasteiger charge is -2.31. The Morgan fingerprint density at radius 1 is 1.31 bits per heavy atom. The van der Waals surface area contributed by atoms with Crippen LogP contribution in [0.3, 0.4) is 0 Å². The number of aryl methyl sites for hydroxylation is 2. The minimum absolute atomic E-state index is 0.0905. The van der Waals surface area contributed by atoms with Gasteiger partial charge in [-0.25, -0.2) is 4.79 Å². The van der Waals surface area contributed by atoms with Crippen molar-refractivity contribution in [2.45, 2.75) is 44.6 Å². The number of hydrogen-bond donors (Lipinski definition) is 1. The van der Waals surface area contributed by atoms with E-state index in [0.29, 0.717) is 37.1 Å². The van der Waals surface area contributed by atoms with Gasteiger partial charge >= 0.3 is 6.03 Å². The molecule has 1 aromatic carbocycles. The van der Waals surface area contributed by atoms with Gasteiger partial charge in [0.1, 0.15) is 24.5 Å². The smallest absolute Gasteiger partial charge is 0.321 e. The van der Waals surface area contributed by atoms with Gasteiger partial charge in [0.25, 0.3) is 0 Å². The number of hydrogen-bond acceptors (Lipinski definition) is 5. The van der Waals surface area contributed by atoms with Crippen LogP contribution >= 0.6 is 0 Å². The predicted octanol–water partition coefficient (Wildman–Crippen LogP) is 3.09. The summed E-state index contributed by atoms with van der Waals surface area (Å²) < 4.78 is 13.6. The fourth-order valence-corrected chi connectivity index (χ4v) is 4.01. The van der Waals surface area contributed by atoms with E-state index in [1.54, 1.807) is 6.33 Å². The summed E-state index contributed by atoms with van der Waals surface area (Å²) in [6.07, 6.45) is 5.74. The first-order chi connectivity index (χ1) is 14.1. The van der Waals surface area contributed by atoms with Crippen LogP contribution in [0.4, 0.5) is 10.5 Å². The van der Waals surface area contributed by atoms with Gasteiger partial charge in [-0.1, -0.05) is 6.07 Å². The number of aromatic nitrogens is 3. The van der Waals surface area contributed by atoms with Gasteiger partial charge in [0.15, 0.2) is 0 Å². The van der Waals surface area contributed by atoms with E-state index >= 15 is 0 Å². The number of piperidine rings is 1. The Bertz CT molecular complexity index is 839. The van der Waals surface area contributed by atoms with E-state index in [2.05, 4.69) is 15.5 Å². The van der Waals surface area contributed by atoms with Crippen molar-refractivity contribution in [1.82, 2.24) is 19.7 Å². The molecule has 3 heterocycles. The lowest BCUT2D eigenvalue weighted by molar-refractivity contribution is 0.0682. The minimum Gasteiger partial charge on any atom is -0.489 e. The molecule has 0 aliphatic carbocycles. The minimum atomic E-state index is -0.0905. The Balaban J connectivity index is 1.35. The van der Waals surface area contributed by atoms with E-state index in [1.807, 2.05) is 41.6 Å². The molecule has 4 rings (SSSR count). The number of amides is 2. The third-order valence-electron chi connectivity index (χ3n) is 5.72. The van der Waals surface area contributed by atoms with Gasteiger partial charge in [-0.3, -0.25) is 0 Å². The summed E-state index contributed by atoms with van der Waals surface area (Å²) >= 11 is 0. The number of urea groups is 1. The number of ether oxygens (including phenoxy) is 2. The Kier molecular flexibility index (Phi) is 5.99. The molecule has 8 nitrogen and oxygen atoms in total. The summed E-state index contributed by atoms with van der Waals surface area (Å²) in [5.41, 5.74) is 1.80. The van der Waals surface area contributed by atoms with Crippen molar-refractivity contribution < 1.29 is 14.3 Å². The van der Waals surface area contributed by atoms with E-state index in [-0.39, 0.29) is 12.1 Å². The third-order valence-corrected chi connectivity index (χ3v) is 5.72. The van der Waals surface area contributed by atoms with Crippen LogP contribution in [0.15, 0.2) is 24.5 Å². The fourth-order valence-electron chi connectivity index (χ4n) is 4.01. The summed E-state index contributed by atoms with van der Waals surface area (Å²) in [6.45, 7) is 4.72. The molecule has 0 radical (unpaired) electrons. The van der Waals surface area contributed by atoms with Crippen molar-refractivity contribution in [3.05, 3.63) is 35.9 Å². The molecule has 29 heavy (non-hydrogen) atoms. The Morgan fingerprint density at radius 3 is 2.83 bits per heavy atom. The zero-order chi connectivity index (χ0) is 20.2. The van der Waals surface area contributed by atoms with Crippen molar-refractivity contribution in [2.24, 2.45) is 7.05 Å². The lowest BCUT2D eigenvalue weighted by Crippen LogP contribution is -2.41. The molecule has 2 saturated heterocycles. The molecule has 1 N–H and O–H groups in total. The molecule has 1 aromatic heterocycles. The molecule has 2 aliphatic heterocycles. The lowest BCUT2D eigenvalue weighted by atomic mass is 9.96. The molecule has 0 unspecified atom stereocenters. The van der Waals surface area contributed by atoms with E-state index in [9.17, 15) is 4.79 Å². The monoisotopic (exact) mass is 399 g/mol. The van der Waals surface area contributed by atoms with Gasteiger partial charge in [0, 0.05) is 32.7 Å². The van der Waals surface area contributed by atoms with Gasteiger partial charge in [-0.2, -0.15) is 0 Å². The number of carbonyl (C=O) groups excluding carboxylic acids is 1. The zero-order valence-electron chi connectivity index (χ0n) is 17.1. The first-order valence-electron chi connectivity index (χ1n) is 10.3. The highest BCUT2D eigenvalue weighted by atomic mass is 16.5. The second-order valence-electron chi connectivity index (χ2n) is 7.94. The number of nitrogens with one attached hydrogen (secondary N) is 1. The quantitative estimate of drug-likeness (QED) is 0.836. The fraction of sp³-hybridized carbons (Fsp3) is 0.571. The van der Waals surface area contributed by atoms with Crippen LogP contribution in [-0.4, -0.2) is 58.1 Å². The van der Waals surface area contributed by atoms with Crippen LogP contribution in [0.25, 0.3) is 0 Å². The highest BCUT2D eigenvalue weighted by Crippen LogP contribution is 2.29. The van der Waals surface area contributed by atoms with E-state index in [0.717, 1.165) is 43.7 Å². The van der Waals surface area contributed by atoms with Gasteiger partial charge < -0.3 is 24.3 Å². The number of carbonyl (C=O) groups is 1. The number of rotatable bonds is 5. The van der Waals surface area contributed by atoms with Crippen molar-refractivity contribution in [1.29, 1.82) is 0 Å². The highest BCUT2D eigenvalue weighted by molar-refractivity contribution is 5.91. The van der Waals surface area contributed by atoms with Crippen LogP contribution < -0.4 is 10.1 Å². The second-order valence-corrected chi connectivity index (χ2v) is 7.94. The Morgan fingerprint density at radius 2 is 2.14 bits per heavy atom. The zero-order valence-corrected chi connectivity index (χ0v) is 17.1. The molecule has 2 fully saturated rings. The van der Waals surface area contributed by atoms with Crippen LogP contribution in [-0.2, 0) is 11.8 Å². The summed E-state index contributed by atoms with van der Waals surface area (Å²) in [6, 6.07) is 5.76. The number of benzene rings is 1. The average molecular weight is 399 g/mol. The summed E-state index contributed by atoms with van der Waals surface area (Å²) in [4.78, 5) is 14.7. The molecule has 2 aliphatic rings. The molecule has 8 heteroatoms. The average Bonchev–Trinajstić information content (AvgIpc) is 3.40. The topological polar surface area (TPSA) is 81.5 Å². The van der Waals surface area contributed by atoms with Crippen LogP contribution in [0, 0.1) is 6.92 Å². The normalized spacial score (nSPS) is 20.1. The molecule has 2 amide bonds. The van der Waals surface area contributed by atoms with E-state index in [1.165, 1.54) is 0 Å². The van der Waals surface area contributed by atoms with Crippen molar-refractivity contribution in [2.75, 3.05) is 31.6 Å². The number of likely N-dealkylation sites (tertiary alicyclic amines) is 1. The maximum Gasteiger partial charge on any atom is 0.321 e. The molecule has 1 atom stereocenters. The standard InChI is InChI=1S/C21H29N5O3/c1-15-5-6-18(19(12-15)29-13-17-4-3-11-28-17)23-21(27)26-9-7-16(8-10-26)20-24-22-14-25(20)2/h5-6,12,14,16-17H,3-4,7-11,13H2,1-2H3,(H,23,27)/t17-/m0/s1. The second kappa shape index (κ2) is 8.82. The predicted molar refractivity (Wildman–Crippen MR) is 109 cm³/mol. The molecule has 156 valence electrons. The molecule has 0 spiro atoms. The Labute approximate surface area is 171 Å². The van der Waals surface area contributed by atoms with Crippen molar-refractivity contribution in [3.63, 3.8) is 0 Å². The maximum atomic E-state index is 12.8. The molecular formula is C21H29N5O3. The molecule has 0 saturated carbocycles. The van der Waals surface area contributed by atoms with Crippen molar-refractivity contribution in [3.8, 4) is 5.75 Å². The summed E-state index contributed by atoms with van der Waals surface area (Å²) in [5, 5.41) is 11.2. The SMILES string of the molecule is Cc1ccc(NC(=O)N2CCC(c3nncn3C)CC2)c(OC[C@@H]2CCCO2)c1. The van der Waals surface area contributed by atoms with Gasteiger partial charge in [-0.15, -0.1) is 10.2 Å². The number of anilines is 1. The first-order valence-corrected chi connectivity index (χ1v) is 10.3. The van der Waals surface area contributed by atoms with Crippen LogP contribution in [0.1, 0.15) is 43.0 Å². The first kappa shape index (κ1) is 19.7. The summed E-state index contributed by atoms with van der Waals surface area (Å²) in [5.74, 6) is 2.03. The third kappa shape index (κ3) is 4.70. The molecule has 0 bridgehead atoms. The largest absolute Gasteiger partial charge is 0.489 e. The van der Waals surface area contributed by atoms with Gasteiger partial charge in [0.2, 0.25) is 0 Å².